The van der Waals surface area contributed by atoms with E-state index in [1.807, 2.05) is 6.07 Å². The molecule has 1 saturated heterocycles. The minimum absolute atomic E-state index is 0.165. The molecule has 2 heterocycles. The van der Waals surface area contributed by atoms with Crippen LogP contribution in [0.5, 0.6) is 11.5 Å². The minimum Gasteiger partial charge on any atom is -0.493 e. The predicted molar refractivity (Wildman–Crippen MR) is 85.7 cm³/mol. The van der Waals surface area contributed by atoms with Crippen molar-refractivity contribution in [3.63, 3.8) is 0 Å². The molecule has 0 bridgehead atoms. The quantitative estimate of drug-likeness (QED) is 0.924. The molecule has 21 heavy (non-hydrogen) atoms. The van der Waals surface area contributed by atoms with Crippen molar-refractivity contribution in [1.82, 2.24) is 4.90 Å². The normalized spacial score (nSPS) is 28.3. The van der Waals surface area contributed by atoms with Gasteiger partial charge in [0.1, 0.15) is 0 Å². The fourth-order valence-electron chi connectivity index (χ4n) is 3.92. The molecule has 2 aliphatic heterocycles. The van der Waals surface area contributed by atoms with Crippen LogP contribution >= 0.6 is 0 Å². The van der Waals surface area contributed by atoms with Crippen LogP contribution in [0.15, 0.2) is 12.1 Å². The molecule has 0 spiro atoms. The van der Waals surface area contributed by atoms with Gasteiger partial charge in [-0.05, 0) is 44.5 Å². The van der Waals surface area contributed by atoms with Crippen molar-refractivity contribution in [2.75, 3.05) is 39.7 Å². The standard InChI is InChI=1S/C17H26N2O2/c1-17(10-12-6-5-9-19(12)2)11-18-15-13(17)7-8-14(20-3)16(15)21-4/h7-8,12,18H,5-6,9-11H2,1-4H3/t12-,17?/m1/s1. The molecule has 0 radical (unpaired) electrons. The maximum Gasteiger partial charge on any atom is 0.184 e. The van der Waals surface area contributed by atoms with E-state index in [2.05, 4.69) is 30.3 Å². The number of methoxy groups -OCH3 is 2. The molecule has 0 aromatic heterocycles. The van der Waals surface area contributed by atoms with Gasteiger partial charge in [0.15, 0.2) is 11.5 Å². The molecule has 1 aromatic rings. The number of fused-ring (bicyclic) bond motifs is 1. The van der Waals surface area contributed by atoms with Gasteiger partial charge in [-0.25, -0.2) is 0 Å². The molecule has 116 valence electrons. The Hall–Kier alpha value is -1.42. The molecule has 0 aliphatic carbocycles. The molecule has 2 atom stereocenters. The van der Waals surface area contributed by atoms with Gasteiger partial charge in [-0.15, -0.1) is 0 Å². The molecular formula is C17H26N2O2. The van der Waals surface area contributed by atoms with E-state index in [9.17, 15) is 0 Å². The number of rotatable bonds is 4. The largest absolute Gasteiger partial charge is 0.493 e. The van der Waals surface area contributed by atoms with Gasteiger partial charge in [0.05, 0.1) is 19.9 Å². The molecule has 1 aromatic carbocycles. The average Bonchev–Trinajstić information content (AvgIpc) is 3.03. The topological polar surface area (TPSA) is 33.7 Å². The molecule has 1 N–H and O–H groups in total. The van der Waals surface area contributed by atoms with E-state index in [0.717, 1.165) is 23.7 Å². The van der Waals surface area contributed by atoms with Gasteiger partial charge in [-0.2, -0.15) is 0 Å². The van der Waals surface area contributed by atoms with Crippen molar-refractivity contribution >= 4 is 5.69 Å². The Morgan fingerprint density at radius 3 is 2.76 bits per heavy atom. The van der Waals surface area contributed by atoms with Gasteiger partial charge in [-0.1, -0.05) is 13.0 Å². The Balaban J connectivity index is 1.92. The summed E-state index contributed by atoms with van der Waals surface area (Å²) in [6, 6.07) is 4.92. The van der Waals surface area contributed by atoms with Crippen LogP contribution in [0.1, 0.15) is 31.7 Å². The predicted octanol–water partition coefficient (Wildman–Crippen LogP) is 2.87. The van der Waals surface area contributed by atoms with Crippen molar-refractivity contribution in [2.45, 2.75) is 37.6 Å². The van der Waals surface area contributed by atoms with Crippen LogP contribution in [0.2, 0.25) is 0 Å². The number of hydrogen-bond donors (Lipinski definition) is 1. The lowest BCUT2D eigenvalue weighted by molar-refractivity contribution is 0.254. The molecule has 0 amide bonds. The van der Waals surface area contributed by atoms with E-state index >= 15 is 0 Å². The summed E-state index contributed by atoms with van der Waals surface area (Å²) in [5.41, 5.74) is 2.64. The monoisotopic (exact) mass is 290 g/mol. The Kier molecular flexibility index (Phi) is 3.74. The lowest BCUT2D eigenvalue weighted by Crippen LogP contribution is -2.35. The first kappa shape index (κ1) is 14.5. The molecule has 4 nitrogen and oxygen atoms in total. The number of hydrogen-bond acceptors (Lipinski definition) is 4. The van der Waals surface area contributed by atoms with E-state index in [1.54, 1.807) is 14.2 Å². The van der Waals surface area contributed by atoms with E-state index < -0.39 is 0 Å². The lowest BCUT2D eigenvalue weighted by atomic mass is 9.78. The first-order chi connectivity index (χ1) is 10.1. The summed E-state index contributed by atoms with van der Waals surface area (Å²) in [6.07, 6.45) is 3.83. The number of benzene rings is 1. The second-order valence-electron chi connectivity index (χ2n) is 6.62. The number of ether oxygens (including phenoxy) is 2. The van der Waals surface area contributed by atoms with Gasteiger partial charge >= 0.3 is 0 Å². The maximum atomic E-state index is 5.57. The second kappa shape index (κ2) is 5.41. The summed E-state index contributed by atoms with van der Waals surface area (Å²) in [7, 11) is 5.64. The van der Waals surface area contributed by atoms with Crippen LogP contribution in [-0.2, 0) is 5.41 Å². The zero-order valence-corrected chi connectivity index (χ0v) is 13.5. The highest BCUT2D eigenvalue weighted by Gasteiger charge is 2.40. The summed E-state index contributed by atoms with van der Waals surface area (Å²) in [5, 5.41) is 3.55. The number of anilines is 1. The van der Waals surface area contributed by atoms with Crippen LogP contribution in [0.25, 0.3) is 0 Å². The Bertz CT molecular complexity index is 532. The molecule has 1 fully saturated rings. The molecule has 4 heteroatoms. The van der Waals surface area contributed by atoms with Crippen molar-refractivity contribution in [3.8, 4) is 11.5 Å². The Morgan fingerprint density at radius 1 is 1.33 bits per heavy atom. The van der Waals surface area contributed by atoms with Crippen LogP contribution in [0.4, 0.5) is 5.69 Å². The molecule has 1 unspecified atom stereocenters. The van der Waals surface area contributed by atoms with E-state index in [-0.39, 0.29) is 5.41 Å². The van der Waals surface area contributed by atoms with E-state index in [1.165, 1.54) is 31.4 Å². The number of likely N-dealkylation sites (tertiary alicyclic amines) is 1. The third-order valence-corrected chi connectivity index (χ3v) is 5.21. The van der Waals surface area contributed by atoms with Crippen molar-refractivity contribution in [1.29, 1.82) is 0 Å². The SMILES string of the molecule is COc1ccc2c(c1OC)NCC2(C)C[C@H]1CCCN1C. The Labute approximate surface area is 127 Å². The van der Waals surface area contributed by atoms with E-state index in [0.29, 0.717) is 6.04 Å². The summed E-state index contributed by atoms with van der Waals surface area (Å²) in [4.78, 5) is 2.50. The summed E-state index contributed by atoms with van der Waals surface area (Å²) in [5.74, 6) is 1.63. The van der Waals surface area contributed by atoms with Gasteiger partial charge in [-0.3, -0.25) is 0 Å². The van der Waals surface area contributed by atoms with Gasteiger partial charge in [0.2, 0.25) is 0 Å². The fraction of sp³-hybridized carbons (Fsp3) is 0.647. The molecule has 0 saturated carbocycles. The van der Waals surface area contributed by atoms with Crippen molar-refractivity contribution in [3.05, 3.63) is 17.7 Å². The molecule has 3 rings (SSSR count). The van der Waals surface area contributed by atoms with Gasteiger partial charge in [0, 0.05) is 18.0 Å². The lowest BCUT2D eigenvalue weighted by Gasteiger charge is -2.31. The summed E-state index contributed by atoms with van der Waals surface area (Å²) < 4.78 is 11.0. The van der Waals surface area contributed by atoms with E-state index in [4.69, 9.17) is 9.47 Å². The van der Waals surface area contributed by atoms with Crippen LogP contribution in [0, 0.1) is 0 Å². The summed E-state index contributed by atoms with van der Waals surface area (Å²) in [6.45, 7) is 4.56. The summed E-state index contributed by atoms with van der Waals surface area (Å²) >= 11 is 0. The van der Waals surface area contributed by atoms with Gasteiger partial charge in [0.25, 0.3) is 0 Å². The fourth-order valence-corrected chi connectivity index (χ4v) is 3.92. The van der Waals surface area contributed by atoms with Crippen molar-refractivity contribution < 1.29 is 9.47 Å². The van der Waals surface area contributed by atoms with Crippen molar-refractivity contribution in [2.24, 2.45) is 0 Å². The van der Waals surface area contributed by atoms with Gasteiger partial charge < -0.3 is 19.7 Å². The molecule has 2 aliphatic rings. The van der Waals surface area contributed by atoms with Crippen LogP contribution < -0.4 is 14.8 Å². The molecular weight excluding hydrogens is 264 g/mol. The highest BCUT2D eigenvalue weighted by molar-refractivity contribution is 5.73. The highest BCUT2D eigenvalue weighted by atomic mass is 16.5. The maximum absolute atomic E-state index is 5.57. The minimum atomic E-state index is 0.165. The number of nitrogens with zero attached hydrogens (tertiary/aromatic N) is 1. The van der Waals surface area contributed by atoms with Crippen LogP contribution in [-0.4, -0.2) is 45.3 Å². The zero-order chi connectivity index (χ0) is 15.0. The third kappa shape index (κ3) is 2.35. The average molecular weight is 290 g/mol. The second-order valence-corrected chi connectivity index (χ2v) is 6.62. The smallest absolute Gasteiger partial charge is 0.184 e. The number of nitrogens with one attached hydrogen (secondary N) is 1. The zero-order valence-electron chi connectivity index (χ0n) is 13.5. The Morgan fingerprint density at radius 2 is 2.14 bits per heavy atom. The first-order valence-corrected chi connectivity index (χ1v) is 7.78. The first-order valence-electron chi connectivity index (χ1n) is 7.78. The third-order valence-electron chi connectivity index (χ3n) is 5.21. The van der Waals surface area contributed by atoms with Crippen LogP contribution in [0.3, 0.4) is 0 Å². The highest BCUT2D eigenvalue weighted by Crippen LogP contribution is 2.49.